The van der Waals surface area contributed by atoms with Crippen LogP contribution in [-0.4, -0.2) is 73.5 Å². The van der Waals surface area contributed by atoms with Crippen LogP contribution >= 0.6 is 11.3 Å². The molecule has 6 aliphatic carbocycles. The first-order chi connectivity index (χ1) is 28.8. The fourth-order valence-corrected chi connectivity index (χ4v) is 13.9. The first-order valence-electron chi connectivity index (χ1n) is 21.3. The Hall–Kier alpha value is -4.64. The summed E-state index contributed by atoms with van der Waals surface area (Å²) in [5.74, 6) is 2.38. The molecule has 3 saturated carbocycles. The fourth-order valence-electron chi connectivity index (χ4n) is 12.8. The maximum absolute atomic E-state index is 15.2. The topological polar surface area (TPSA) is 115 Å². The summed E-state index contributed by atoms with van der Waals surface area (Å²) < 4.78 is 23.4. The third-order valence-electron chi connectivity index (χ3n) is 16.1. The summed E-state index contributed by atoms with van der Waals surface area (Å²) in [6, 6.07) is 21.3. The van der Waals surface area contributed by atoms with Crippen molar-refractivity contribution >= 4 is 33.1 Å². The van der Waals surface area contributed by atoms with Gasteiger partial charge in [0, 0.05) is 44.7 Å². The molecule has 10 heteroatoms. The Bertz CT molecular complexity index is 2390. The van der Waals surface area contributed by atoms with Crippen molar-refractivity contribution in [2.45, 2.75) is 83.5 Å². The lowest BCUT2D eigenvalue weighted by atomic mass is 9.32. The SMILES string of the molecule is COc1ccc(CN(C[C@]2(O)CC[C@H]3[C@]45C=C[C@@]6(C=C4C(=O)c4cc7ccccc7s4)CC(O)CC[C@]6(C)[C@H]5CC[C@@]32C)C(=O)Cc2ccc(OC)c(OC)c2)c(OC)c1. The van der Waals surface area contributed by atoms with Crippen LogP contribution in [0.5, 0.6) is 23.0 Å². The quantitative estimate of drug-likeness (QED) is 0.108. The predicted octanol–water partition coefficient (Wildman–Crippen LogP) is 8.98. The first kappa shape index (κ1) is 40.7. The Morgan fingerprint density at radius 2 is 1.53 bits per heavy atom. The van der Waals surface area contributed by atoms with E-state index in [9.17, 15) is 15.0 Å². The van der Waals surface area contributed by atoms with Crippen LogP contribution in [0.2, 0.25) is 0 Å². The van der Waals surface area contributed by atoms with Crippen molar-refractivity contribution in [3.63, 3.8) is 0 Å². The van der Waals surface area contributed by atoms with E-state index < -0.39 is 27.9 Å². The van der Waals surface area contributed by atoms with Crippen molar-refractivity contribution in [2.24, 2.45) is 33.5 Å². The molecule has 2 spiro atoms. The molecule has 10 rings (SSSR count). The van der Waals surface area contributed by atoms with Gasteiger partial charge in [-0.3, -0.25) is 9.59 Å². The lowest BCUT2D eigenvalue weighted by Crippen LogP contribution is -2.67. The van der Waals surface area contributed by atoms with Crippen LogP contribution in [0.3, 0.4) is 0 Å². The summed E-state index contributed by atoms with van der Waals surface area (Å²) in [4.78, 5) is 32.5. The molecular formula is C50H57NO8S. The van der Waals surface area contributed by atoms with E-state index in [0.717, 1.165) is 57.3 Å². The van der Waals surface area contributed by atoms with Gasteiger partial charge in [-0.2, -0.15) is 0 Å². The number of rotatable bonds is 12. The molecule has 0 saturated heterocycles. The molecule has 0 aliphatic heterocycles. The van der Waals surface area contributed by atoms with Gasteiger partial charge in [0.25, 0.3) is 0 Å². The summed E-state index contributed by atoms with van der Waals surface area (Å²) in [5.41, 5.74) is -0.694. The highest BCUT2D eigenvalue weighted by molar-refractivity contribution is 7.21. The molecule has 1 heterocycles. The smallest absolute Gasteiger partial charge is 0.227 e. The van der Waals surface area contributed by atoms with Crippen molar-refractivity contribution in [1.29, 1.82) is 0 Å². The summed E-state index contributed by atoms with van der Waals surface area (Å²) >= 11 is 1.55. The molecule has 6 aliphatic rings. The van der Waals surface area contributed by atoms with Crippen molar-refractivity contribution < 1.29 is 38.7 Å². The molecule has 1 amide bonds. The number of allylic oxidation sites excluding steroid dienone is 4. The van der Waals surface area contributed by atoms with Crippen molar-refractivity contribution in [3.05, 3.63) is 107 Å². The zero-order chi connectivity index (χ0) is 42.2. The molecule has 8 atom stereocenters. The highest BCUT2D eigenvalue weighted by Gasteiger charge is 2.74. The number of aliphatic hydroxyl groups excluding tert-OH is 1. The molecule has 0 radical (unpaired) electrons. The van der Waals surface area contributed by atoms with Gasteiger partial charge in [0.2, 0.25) is 5.91 Å². The lowest BCUT2D eigenvalue weighted by Gasteiger charge is -2.71. The van der Waals surface area contributed by atoms with Crippen LogP contribution in [0.25, 0.3) is 10.1 Å². The molecule has 316 valence electrons. The number of carbonyl (C=O) groups is 2. The molecule has 3 aromatic carbocycles. The standard InChI is InChI=1S/C50H57NO8S/c1-46-18-15-34(52)27-48(46)21-22-50(36(28-48)45(54)41-25-32-9-7-8-10-40(32)60-41)42(46)16-19-47(2)43(50)17-20-49(47,55)30-51(29-33-12-13-35(56-3)26-38(33)58-5)44(53)24-31-11-14-37(57-4)39(23-31)59-6/h7-14,21-23,25-26,28,34,42-43,52,55H,15-20,24,27,29-30H2,1-6H3/t34?,42-,43-,46-,47+,48+,49-,50-/m1/s1. The molecule has 1 unspecified atom stereocenters. The number of thiophene rings is 1. The van der Waals surface area contributed by atoms with E-state index in [4.69, 9.17) is 18.9 Å². The van der Waals surface area contributed by atoms with E-state index >= 15 is 4.79 Å². The summed E-state index contributed by atoms with van der Waals surface area (Å²) in [6.45, 7) is 4.95. The normalized spacial score (nSPS) is 32.4. The fraction of sp³-hybridized carbons (Fsp3) is 0.480. The minimum absolute atomic E-state index is 0.0602. The third kappa shape index (κ3) is 5.98. The maximum atomic E-state index is 15.2. The number of ether oxygens (including phenoxy) is 4. The van der Waals surface area contributed by atoms with E-state index in [1.54, 1.807) is 50.7 Å². The third-order valence-corrected chi connectivity index (χ3v) is 17.2. The monoisotopic (exact) mass is 831 g/mol. The van der Waals surface area contributed by atoms with Crippen LogP contribution in [0.4, 0.5) is 0 Å². The number of methoxy groups -OCH3 is 4. The van der Waals surface area contributed by atoms with Crippen LogP contribution in [0, 0.1) is 33.5 Å². The van der Waals surface area contributed by atoms with Crippen molar-refractivity contribution in [1.82, 2.24) is 4.90 Å². The number of hydrogen-bond donors (Lipinski definition) is 2. The van der Waals surface area contributed by atoms with Crippen molar-refractivity contribution in [2.75, 3.05) is 35.0 Å². The number of benzene rings is 3. The van der Waals surface area contributed by atoms with E-state index in [2.05, 4.69) is 44.2 Å². The van der Waals surface area contributed by atoms with Crippen LogP contribution in [-0.2, 0) is 17.8 Å². The second kappa shape index (κ2) is 14.8. The summed E-state index contributed by atoms with van der Waals surface area (Å²) in [5, 5.41) is 25.6. The average molecular weight is 832 g/mol. The molecule has 9 nitrogen and oxygen atoms in total. The van der Waals surface area contributed by atoms with Gasteiger partial charge in [-0.15, -0.1) is 11.3 Å². The number of ketones is 1. The number of nitrogens with zero attached hydrogens (tertiary/aromatic N) is 1. The Morgan fingerprint density at radius 1 is 0.800 bits per heavy atom. The van der Waals surface area contributed by atoms with Gasteiger partial charge in [0.05, 0.1) is 58.0 Å². The zero-order valence-corrected chi connectivity index (χ0v) is 36.4. The number of Topliss-reactive ketones (excluding diaryl/α,β-unsaturated/α-hetero) is 1. The summed E-state index contributed by atoms with van der Waals surface area (Å²) in [7, 11) is 6.38. The van der Waals surface area contributed by atoms with E-state index in [0.29, 0.717) is 42.3 Å². The Balaban J connectivity index is 1.11. The number of hydrogen-bond acceptors (Lipinski definition) is 9. The van der Waals surface area contributed by atoms with E-state index in [-0.39, 0.29) is 48.5 Å². The van der Waals surface area contributed by atoms with Crippen LogP contribution in [0.15, 0.2) is 90.5 Å². The van der Waals surface area contributed by atoms with Gasteiger partial charge in [0.1, 0.15) is 11.5 Å². The second-order valence-corrected chi connectivity index (χ2v) is 19.7. The molecular weight excluding hydrogens is 775 g/mol. The number of carbonyl (C=O) groups excluding carboxylic acids is 2. The Morgan fingerprint density at radius 3 is 2.28 bits per heavy atom. The molecule has 60 heavy (non-hydrogen) atoms. The minimum Gasteiger partial charge on any atom is -0.497 e. The maximum Gasteiger partial charge on any atom is 0.227 e. The largest absolute Gasteiger partial charge is 0.497 e. The van der Waals surface area contributed by atoms with E-state index in [1.165, 1.54) is 0 Å². The van der Waals surface area contributed by atoms with Crippen molar-refractivity contribution in [3.8, 4) is 23.0 Å². The van der Waals surface area contributed by atoms with Gasteiger partial charge in [0.15, 0.2) is 17.3 Å². The molecule has 4 aromatic rings. The van der Waals surface area contributed by atoms with Gasteiger partial charge < -0.3 is 34.1 Å². The van der Waals surface area contributed by atoms with Crippen LogP contribution in [0.1, 0.15) is 79.6 Å². The number of amides is 1. The Labute approximate surface area is 357 Å². The summed E-state index contributed by atoms with van der Waals surface area (Å²) in [6.07, 6.45) is 11.6. The van der Waals surface area contributed by atoms with Gasteiger partial charge in [-0.25, -0.2) is 0 Å². The number of aliphatic hydroxyl groups is 2. The highest BCUT2D eigenvalue weighted by atomic mass is 32.1. The number of fused-ring (bicyclic) bond motifs is 2. The molecule has 3 fully saturated rings. The Kier molecular flexibility index (Phi) is 10.0. The molecule has 2 N–H and O–H groups in total. The lowest BCUT2D eigenvalue weighted by molar-refractivity contribution is -0.178. The molecule has 1 aromatic heterocycles. The molecule has 2 bridgehead atoms. The first-order valence-corrected chi connectivity index (χ1v) is 22.2. The average Bonchev–Trinajstić information content (AvgIpc) is 3.81. The highest BCUT2D eigenvalue weighted by Crippen LogP contribution is 2.78. The van der Waals surface area contributed by atoms with Crippen LogP contribution < -0.4 is 18.9 Å². The van der Waals surface area contributed by atoms with Gasteiger partial charge in [-0.1, -0.05) is 56.3 Å². The minimum atomic E-state index is -1.26. The second-order valence-electron chi connectivity index (χ2n) is 18.6. The van der Waals surface area contributed by atoms with Gasteiger partial charge in [-0.05, 0) is 110 Å². The predicted molar refractivity (Wildman–Crippen MR) is 233 cm³/mol. The van der Waals surface area contributed by atoms with Gasteiger partial charge >= 0.3 is 0 Å². The zero-order valence-electron chi connectivity index (χ0n) is 35.6. The van der Waals surface area contributed by atoms with E-state index in [1.807, 2.05) is 48.5 Å².